The number of ether oxygens (including phenoxy) is 1. The van der Waals surface area contributed by atoms with Gasteiger partial charge < -0.3 is 14.6 Å². The summed E-state index contributed by atoms with van der Waals surface area (Å²) in [6.45, 7) is 4.14. The van der Waals surface area contributed by atoms with E-state index in [4.69, 9.17) is 4.74 Å². The Hall–Kier alpha value is -3.26. The van der Waals surface area contributed by atoms with Crippen LogP contribution in [0.2, 0.25) is 0 Å². The van der Waals surface area contributed by atoms with E-state index in [1.165, 1.54) is 0 Å². The number of fused-ring (bicyclic) bond motifs is 2. The lowest BCUT2D eigenvalue weighted by atomic mass is 10.0. The minimum absolute atomic E-state index is 0.0305. The molecule has 5 rings (SSSR count). The van der Waals surface area contributed by atoms with Gasteiger partial charge in [-0.1, -0.05) is 6.07 Å². The van der Waals surface area contributed by atoms with Gasteiger partial charge in [-0.3, -0.25) is 9.36 Å². The summed E-state index contributed by atoms with van der Waals surface area (Å²) < 4.78 is 9.32. The highest BCUT2D eigenvalue weighted by atomic mass is 16.5. The molecule has 154 valence electrons. The van der Waals surface area contributed by atoms with Crippen LogP contribution in [0.1, 0.15) is 25.8 Å². The van der Waals surface area contributed by atoms with Gasteiger partial charge in [-0.05, 0) is 56.6 Å². The summed E-state index contributed by atoms with van der Waals surface area (Å²) in [5.74, 6) is 0. The van der Waals surface area contributed by atoms with Crippen LogP contribution in [0.15, 0.2) is 41.6 Å². The van der Waals surface area contributed by atoms with Crippen molar-refractivity contribution in [2.45, 2.75) is 25.8 Å². The van der Waals surface area contributed by atoms with Crippen molar-refractivity contribution in [2.75, 3.05) is 19.7 Å². The molecule has 0 atom stereocenters. The molecule has 0 bridgehead atoms. The Labute approximate surface area is 173 Å². The average Bonchev–Trinajstić information content (AvgIpc) is 3.14. The minimum Gasteiger partial charge on any atom is -0.464 e. The molecule has 4 aromatic rings. The zero-order chi connectivity index (χ0) is 20.7. The molecule has 0 saturated carbocycles. The number of benzene rings is 1. The van der Waals surface area contributed by atoms with Crippen LogP contribution in [0.3, 0.4) is 0 Å². The molecule has 8 heteroatoms. The Morgan fingerprint density at radius 3 is 2.83 bits per heavy atom. The molecule has 0 amide bonds. The molecule has 1 N–H and O–H groups in total. The topological polar surface area (TPSA) is 86.9 Å². The molecule has 0 unspecified atom stereocenters. The van der Waals surface area contributed by atoms with Crippen LogP contribution in [0.5, 0.6) is 6.01 Å². The Balaban J connectivity index is 1.75. The zero-order valence-electron chi connectivity index (χ0n) is 17.1. The summed E-state index contributed by atoms with van der Waals surface area (Å²) in [7, 11) is 1.95. The maximum Gasteiger partial charge on any atom is 0.318 e. The van der Waals surface area contributed by atoms with Gasteiger partial charge in [0.15, 0.2) is 0 Å². The number of aryl methyl sites for hydroxylation is 1. The van der Waals surface area contributed by atoms with Gasteiger partial charge in [0.05, 0.1) is 24.0 Å². The molecular formula is C22H24N6O2. The van der Waals surface area contributed by atoms with Gasteiger partial charge in [0.1, 0.15) is 5.65 Å². The van der Waals surface area contributed by atoms with E-state index in [0.29, 0.717) is 23.8 Å². The van der Waals surface area contributed by atoms with Gasteiger partial charge in [0.25, 0.3) is 5.56 Å². The Bertz CT molecular complexity index is 1290. The third-order valence-electron chi connectivity index (χ3n) is 5.73. The summed E-state index contributed by atoms with van der Waals surface area (Å²) in [5, 5.41) is 4.20. The first-order chi connectivity index (χ1) is 14.7. The van der Waals surface area contributed by atoms with Gasteiger partial charge >= 0.3 is 6.01 Å². The number of aromatic nitrogens is 5. The normalized spacial score (nSPS) is 15.1. The molecule has 1 aliphatic heterocycles. The number of nitrogens with zero attached hydrogens (tertiary/aromatic N) is 5. The first-order valence-electron chi connectivity index (χ1n) is 10.3. The molecule has 3 aromatic heterocycles. The van der Waals surface area contributed by atoms with Crippen LogP contribution < -0.4 is 15.6 Å². The number of hydrogen-bond donors (Lipinski definition) is 1. The number of pyridine rings is 1. The molecule has 8 nitrogen and oxygen atoms in total. The van der Waals surface area contributed by atoms with Crippen molar-refractivity contribution >= 4 is 22.1 Å². The third kappa shape index (κ3) is 3.13. The fraction of sp³-hybridized carbons (Fsp3) is 0.364. The van der Waals surface area contributed by atoms with E-state index in [1.807, 2.05) is 47.4 Å². The second-order valence-electron chi connectivity index (χ2n) is 7.64. The molecule has 4 heterocycles. The summed E-state index contributed by atoms with van der Waals surface area (Å²) in [5.41, 5.74) is 4.02. The van der Waals surface area contributed by atoms with Crippen LogP contribution in [-0.2, 0) is 7.05 Å². The smallest absolute Gasteiger partial charge is 0.318 e. The Kier molecular flexibility index (Phi) is 4.71. The number of rotatable bonds is 4. The fourth-order valence-electron chi connectivity index (χ4n) is 4.21. The number of imidazole rings is 1. The molecular weight excluding hydrogens is 380 g/mol. The van der Waals surface area contributed by atoms with E-state index < -0.39 is 0 Å². The van der Waals surface area contributed by atoms with Crippen molar-refractivity contribution < 1.29 is 4.74 Å². The van der Waals surface area contributed by atoms with Gasteiger partial charge in [-0.15, -0.1) is 0 Å². The lowest BCUT2D eigenvalue weighted by Crippen LogP contribution is -2.35. The highest BCUT2D eigenvalue weighted by Gasteiger charge is 2.22. The van der Waals surface area contributed by atoms with E-state index in [2.05, 4.69) is 20.3 Å². The predicted octanol–water partition coefficient (Wildman–Crippen LogP) is 2.67. The Morgan fingerprint density at radius 1 is 1.20 bits per heavy atom. The number of nitrogens with one attached hydrogen (secondary N) is 1. The van der Waals surface area contributed by atoms with Crippen molar-refractivity contribution in [1.29, 1.82) is 0 Å². The van der Waals surface area contributed by atoms with Gasteiger partial charge in [-0.2, -0.15) is 4.98 Å². The van der Waals surface area contributed by atoms with E-state index in [0.717, 1.165) is 47.9 Å². The van der Waals surface area contributed by atoms with E-state index in [9.17, 15) is 4.79 Å². The molecule has 0 radical (unpaired) electrons. The van der Waals surface area contributed by atoms with Crippen molar-refractivity contribution in [1.82, 2.24) is 29.4 Å². The maximum atomic E-state index is 13.7. The van der Waals surface area contributed by atoms with Crippen LogP contribution in [-0.4, -0.2) is 43.8 Å². The average molecular weight is 404 g/mol. The second kappa shape index (κ2) is 7.53. The van der Waals surface area contributed by atoms with Gasteiger partial charge in [0, 0.05) is 30.2 Å². The molecule has 1 saturated heterocycles. The molecule has 1 aromatic carbocycles. The standard InChI is InChI=1S/C22H24N6O2/c1-3-30-22-24-12-15-10-17(14-4-5-18-19(11-14)27(2)13-25-18)21(29)28(20(15)26-22)16-6-8-23-9-7-16/h4-5,10-13,16,23H,3,6-9H2,1-2H3. The minimum atomic E-state index is -0.0305. The zero-order valence-corrected chi connectivity index (χ0v) is 17.1. The highest BCUT2D eigenvalue weighted by molar-refractivity contribution is 5.85. The van der Waals surface area contributed by atoms with Crippen molar-refractivity contribution in [3.63, 3.8) is 0 Å². The van der Waals surface area contributed by atoms with Crippen molar-refractivity contribution in [2.24, 2.45) is 7.05 Å². The van der Waals surface area contributed by atoms with E-state index >= 15 is 0 Å². The quantitative estimate of drug-likeness (QED) is 0.563. The second-order valence-corrected chi connectivity index (χ2v) is 7.64. The lowest BCUT2D eigenvalue weighted by molar-refractivity contribution is 0.312. The number of hydrogen-bond acceptors (Lipinski definition) is 6. The SMILES string of the molecule is CCOc1ncc2cc(-c3ccc4ncn(C)c4c3)c(=O)n(C3CCNCC3)c2n1. The van der Waals surface area contributed by atoms with Crippen LogP contribution in [0, 0.1) is 0 Å². The molecule has 0 aliphatic carbocycles. The predicted molar refractivity (Wildman–Crippen MR) is 116 cm³/mol. The number of piperidine rings is 1. The van der Waals surface area contributed by atoms with Crippen molar-refractivity contribution in [3.05, 3.63) is 47.1 Å². The summed E-state index contributed by atoms with van der Waals surface area (Å²) in [6.07, 6.45) is 5.29. The van der Waals surface area contributed by atoms with E-state index in [-0.39, 0.29) is 11.6 Å². The van der Waals surface area contributed by atoms with E-state index in [1.54, 1.807) is 12.5 Å². The lowest BCUT2D eigenvalue weighted by Gasteiger charge is -2.26. The van der Waals surface area contributed by atoms with Crippen molar-refractivity contribution in [3.8, 4) is 17.1 Å². The molecule has 0 spiro atoms. The fourth-order valence-corrected chi connectivity index (χ4v) is 4.21. The molecule has 1 fully saturated rings. The highest BCUT2D eigenvalue weighted by Crippen LogP contribution is 2.28. The molecule has 1 aliphatic rings. The summed E-state index contributed by atoms with van der Waals surface area (Å²) in [4.78, 5) is 27.0. The van der Waals surface area contributed by atoms with Crippen LogP contribution in [0.4, 0.5) is 0 Å². The van der Waals surface area contributed by atoms with Gasteiger partial charge in [-0.25, -0.2) is 9.97 Å². The Morgan fingerprint density at radius 2 is 2.03 bits per heavy atom. The summed E-state index contributed by atoms with van der Waals surface area (Å²) in [6, 6.07) is 8.22. The van der Waals surface area contributed by atoms with Crippen LogP contribution >= 0.6 is 0 Å². The first kappa shape index (κ1) is 18.7. The molecule has 30 heavy (non-hydrogen) atoms. The first-order valence-corrected chi connectivity index (χ1v) is 10.3. The monoisotopic (exact) mass is 404 g/mol. The third-order valence-corrected chi connectivity index (χ3v) is 5.73. The summed E-state index contributed by atoms with van der Waals surface area (Å²) >= 11 is 0. The largest absolute Gasteiger partial charge is 0.464 e. The van der Waals surface area contributed by atoms with Crippen LogP contribution in [0.25, 0.3) is 33.2 Å². The maximum absolute atomic E-state index is 13.7. The van der Waals surface area contributed by atoms with Gasteiger partial charge in [0.2, 0.25) is 0 Å².